The molecule has 0 aliphatic heterocycles. The first-order valence-corrected chi connectivity index (χ1v) is 7.86. The summed E-state index contributed by atoms with van der Waals surface area (Å²) in [5.74, 6) is 1.20. The van der Waals surface area contributed by atoms with E-state index in [1.165, 1.54) is 11.3 Å². The van der Waals surface area contributed by atoms with Gasteiger partial charge in [0, 0.05) is 24.2 Å². The van der Waals surface area contributed by atoms with Crippen LogP contribution in [-0.2, 0) is 17.6 Å². The molecule has 1 aromatic rings. The van der Waals surface area contributed by atoms with Crippen LogP contribution in [0, 0.1) is 11.8 Å². The molecule has 21 heavy (non-hydrogen) atoms. The van der Waals surface area contributed by atoms with Crippen molar-refractivity contribution in [3.8, 4) is 0 Å². The third-order valence-electron chi connectivity index (χ3n) is 4.35. The average molecular weight is 291 g/mol. The van der Waals surface area contributed by atoms with Crippen LogP contribution in [0.3, 0.4) is 0 Å². The summed E-state index contributed by atoms with van der Waals surface area (Å²) in [6.45, 7) is 5.16. The van der Waals surface area contributed by atoms with Gasteiger partial charge in [0.1, 0.15) is 12.1 Å². The minimum absolute atomic E-state index is 0.256. The van der Waals surface area contributed by atoms with E-state index in [-0.39, 0.29) is 6.42 Å². The van der Waals surface area contributed by atoms with Crippen molar-refractivity contribution in [2.75, 3.05) is 11.9 Å². The molecule has 5 heteroatoms. The molecular formula is C16H25N3O2. The molecule has 2 N–H and O–H groups in total. The van der Waals surface area contributed by atoms with Crippen LogP contribution in [-0.4, -0.2) is 27.6 Å². The second kappa shape index (κ2) is 7.38. The number of hydrogen-bond acceptors (Lipinski definition) is 4. The number of aliphatic carboxylic acids is 1. The molecule has 1 heterocycles. The molecule has 116 valence electrons. The van der Waals surface area contributed by atoms with Gasteiger partial charge in [-0.25, -0.2) is 9.97 Å². The average Bonchev–Trinajstić information content (AvgIpc) is 2.91. The highest BCUT2D eigenvalue weighted by Gasteiger charge is 2.18. The van der Waals surface area contributed by atoms with Gasteiger partial charge in [-0.3, -0.25) is 4.79 Å². The second-order valence-electron chi connectivity index (χ2n) is 6.15. The number of nitrogens with zero attached hydrogens (tertiary/aromatic N) is 2. The molecule has 1 aliphatic carbocycles. The highest BCUT2D eigenvalue weighted by molar-refractivity contribution is 5.66. The Morgan fingerprint density at radius 2 is 2.14 bits per heavy atom. The Morgan fingerprint density at radius 1 is 1.33 bits per heavy atom. The highest BCUT2D eigenvalue weighted by Crippen LogP contribution is 2.26. The molecule has 0 aromatic carbocycles. The predicted molar refractivity (Wildman–Crippen MR) is 82.4 cm³/mol. The van der Waals surface area contributed by atoms with E-state index in [4.69, 9.17) is 5.11 Å². The molecule has 1 unspecified atom stereocenters. The van der Waals surface area contributed by atoms with Crippen molar-refractivity contribution >= 4 is 11.8 Å². The van der Waals surface area contributed by atoms with Crippen molar-refractivity contribution in [3.05, 3.63) is 17.6 Å². The Kier molecular flexibility index (Phi) is 5.53. The Balaban J connectivity index is 1.85. The van der Waals surface area contributed by atoms with Gasteiger partial charge < -0.3 is 10.4 Å². The zero-order valence-electron chi connectivity index (χ0n) is 12.9. The molecule has 0 spiro atoms. The predicted octanol–water partition coefficient (Wildman–Crippen LogP) is 2.90. The van der Waals surface area contributed by atoms with E-state index in [9.17, 15) is 4.79 Å². The summed E-state index contributed by atoms with van der Waals surface area (Å²) in [5.41, 5.74) is 2.45. The number of rotatable bonds is 8. The molecule has 1 aliphatic rings. The van der Waals surface area contributed by atoms with Crippen molar-refractivity contribution in [2.24, 2.45) is 11.8 Å². The normalized spacial score (nSPS) is 15.0. The number of fused-ring (bicyclic) bond motifs is 1. The maximum Gasteiger partial charge on any atom is 0.303 e. The summed E-state index contributed by atoms with van der Waals surface area (Å²) < 4.78 is 0. The second-order valence-corrected chi connectivity index (χ2v) is 6.15. The van der Waals surface area contributed by atoms with E-state index in [1.54, 1.807) is 6.33 Å². The van der Waals surface area contributed by atoms with E-state index in [2.05, 4.69) is 29.1 Å². The minimum atomic E-state index is -0.706. The maximum absolute atomic E-state index is 10.7. The van der Waals surface area contributed by atoms with Crippen molar-refractivity contribution in [3.63, 3.8) is 0 Å². The lowest BCUT2D eigenvalue weighted by atomic mass is 9.88. The van der Waals surface area contributed by atoms with Crippen molar-refractivity contribution in [2.45, 2.75) is 52.4 Å². The first-order chi connectivity index (χ1) is 10.1. The van der Waals surface area contributed by atoms with Crippen molar-refractivity contribution < 1.29 is 9.90 Å². The fourth-order valence-corrected chi connectivity index (χ4v) is 3.01. The van der Waals surface area contributed by atoms with Crippen LogP contribution in [0.4, 0.5) is 5.82 Å². The fraction of sp³-hybridized carbons (Fsp3) is 0.688. The largest absolute Gasteiger partial charge is 0.481 e. The van der Waals surface area contributed by atoms with Gasteiger partial charge in [0.15, 0.2) is 0 Å². The topological polar surface area (TPSA) is 75.1 Å². The van der Waals surface area contributed by atoms with Crippen LogP contribution < -0.4 is 5.32 Å². The van der Waals surface area contributed by atoms with E-state index >= 15 is 0 Å². The summed E-state index contributed by atoms with van der Waals surface area (Å²) in [4.78, 5) is 19.4. The molecule has 5 nitrogen and oxygen atoms in total. The number of nitrogens with one attached hydrogen (secondary N) is 1. The zero-order valence-corrected chi connectivity index (χ0v) is 12.9. The van der Waals surface area contributed by atoms with E-state index < -0.39 is 5.97 Å². The van der Waals surface area contributed by atoms with Crippen molar-refractivity contribution in [1.82, 2.24) is 9.97 Å². The number of aryl methyl sites for hydroxylation is 1. The third-order valence-corrected chi connectivity index (χ3v) is 4.35. The smallest absolute Gasteiger partial charge is 0.303 e. The lowest BCUT2D eigenvalue weighted by Crippen LogP contribution is -2.16. The summed E-state index contributed by atoms with van der Waals surface area (Å²) in [6.07, 6.45) is 6.89. The van der Waals surface area contributed by atoms with Crippen molar-refractivity contribution in [1.29, 1.82) is 0 Å². The van der Waals surface area contributed by atoms with Crippen LogP contribution in [0.1, 0.15) is 50.8 Å². The standard InChI is InChI=1S/C16H25N3O2/c1-11(2)12(6-7-15(20)21)8-9-17-16-13-4-3-5-14(13)18-10-19-16/h10-12H,3-9H2,1-2H3,(H,20,21)(H,17,18,19). The summed E-state index contributed by atoms with van der Waals surface area (Å²) >= 11 is 0. The van der Waals surface area contributed by atoms with Gasteiger partial charge in [-0.15, -0.1) is 0 Å². The quantitative estimate of drug-likeness (QED) is 0.770. The van der Waals surface area contributed by atoms with Gasteiger partial charge in [0.2, 0.25) is 0 Å². The molecule has 2 rings (SSSR count). The van der Waals surface area contributed by atoms with Gasteiger partial charge in [0.05, 0.1) is 0 Å². The minimum Gasteiger partial charge on any atom is -0.481 e. The number of carboxylic acid groups (broad SMARTS) is 1. The number of carboxylic acids is 1. The number of anilines is 1. The number of carbonyl (C=O) groups is 1. The molecule has 0 saturated heterocycles. The van der Waals surface area contributed by atoms with Crippen LogP contribution in [0.2, 0.25) is 0 Å². The molecule has 0 radical (unpaired) electrons. The molecular weight excluding hydrogens is 266 g/mol. The van der Waals surface area contributed by atoms with E-state index in [1.807, 2.05) is 0 Å². The number of aromatic nitrogens is 2. The van der Waals surface area contributed by atoms with Crippen LogP contribution in [0.5, 0.6) is 0 Å². The molecule has 1 atom stereocenters. The molecule has 0 saturated carbocycles. The van der Waals surface area contributed by atoms with Crippen LogP contribution in [0.25, 0.3) is 0 Å². The fourth-order valence-electron chi connectivity index (χ4n) is 3.01. The first kappa shape index (κ1) is 15.7. The van der Waals surface area contributed by atoms with Gasteiger partial charge >= 0.3 is 5.97 Å². The van der Waals surface area contributed by atoms with Gasteiger partial charge in [-0.1, -0.05) is 13.8 Å². The van der Waals surface area contributed by atoms with Crippen LogP contribution in [0.15, 0.2) is 6.33 Å². The monoisotopic (exact) mass is 291 g/mol. The van der Waals surface area contributed by atoms with E-state index in [0.717, 1.165) is 44.5 Å². The molecule has 0 bridgehead atoms. The Morgan fingerprint density at radius 3 is 2.86 bits per heavy atom. The lowest BCUT2D eigenvalue weighted by molar-refractivity contribution is -0.137. The Bertz CT molecular complexity index is 488. The van der Waals surface area contributed by atoms with E-state index in [0.29, 0.717) is 11.8 Å². The zero-order chi connectivity index (χ0) is 15.2. The summed E-state index contributed by atoms with van der Waals surface area (Å²) in [7, 11) is 0. The summed E-state index contributed by atoms with van der Waals surface area (Å²) in [5, 5.41) is 12.2. The molecule has 0 fully saturated rings. The Labute approximate surface area is 126 Å². The van der Waals surface area contributed by atoms with Gasteiger partial charge in [-0.05, 0) is 43.9 Å². The van der Waals surface area contributed by atoms with Gasteiger partial charge in [0.25, 0.3) is 0 Å². The molecule has 1 aromatic heterocycles. The summed E-state index contributed by atoms with van der Waals surface area (Å²) in [6, 6.07) is 0. The third kappa shape index (κ3) is 4.41. The SMILES string of the molecule is CC(C)C(CCNc1ncnc2c1CCC2)CCC(=O)O. The first-order valence-electron chi connectivity index (χ1n) is 7.86. The van der Waals surface area contributed by atoms with Crippen LogP contribution >= 0.6 is 0 Å². The van der Waals surface area contributed by atoms with Gasteiger partial charge in [-0.2, -0.15) is 0 Å². The number of hydrogen-bond donors (Lipinski definition) is 2. The highest BCUT2D eigenvalue weighted by atomic mass is 16.4. The maximum atomic E-state index is 10.7. The lowest BCUT2D eigenvalue weighted by Gasteiger charge is -2.20. The molecule has 0 amide bonds. The Hall–Kier alpha value is -1.65.